The molecule has 0 aliphatic carbocycles. The fourth-order valence-electron chi connectivity index (χ4n) is 1.15. The summed E-state index contributed by atoms with van der Waals surface area (Å²) in [7, 11) is 0. The molecule has 2 rings (SSSR count). The summed E-state index contributed by atoms with van der Waals surface area (Å²) in [5.74, 6) is 0.0291. The Balaban J connectivity index is 2.14. The van der Waals surface area contributed by atoms with E-state index in [4.69, 9.17) is 10.9 Å². The van der Waals surface area contributed by atoms with Gasteiger partial charge in [-0.15, -0.1) is 5.10 Å². The van der Waals surface area contributed by atoms with Crippen molar-refractivity contribution in [3.63, 3.8) is 0 Å². The van der Waals surface area contributed by atoms with Gasteiger partial charge < -0.3 is 10.9 Å². The van der Waals surface area contributed by atoms with Gasteiger partial charge in [-0.1, -0.05) is 5.16 Å². The molecule has 8 nitrogen and oxygen atoms in total. The third-order valence-electron chi connectivity index (χ3n) is 1.94. The average molecular weight is 219 g/mol. The van der Waals surface area contributed by atoms with Crippen molar-refractivity contribution >= 4 is 5.84 Å². The minimum Gasteiger partial charge on any atom is -0.409 e. The number of rotatable bonds is 3. The molecule has 0 atom stereocenters. The lowest BCUT2D eigenvalue weighted by molar-refractivity contribution is 0.318. The van der Waals surface area contributed by atoms with Crippen molar-refractivity contribution < 1.29 is 5.21 Å². The first kappa shape index (κ1) is 10.0. The molecule has 0 aliphatic rings. The maximum Gasteiger partial charge on any atom is 0.171 e. The maximum absolute atomic E-state index is 8.47. The van der Waals surface area contributed by atoms with E-state index in [0.717, 1.165) is 5.69 Å². The Morgan fingerprint density at radius 2 is 2.38 bits per heavy atom. The third kappa shape index (κ3) is 2.11. The molecule has 0 saturated heterocycles. The summed E-state index contributed by atoms with van der Waals surface area (Å²) in [4.78, 5) is 4.13. The fraction of sp³-hybridized carbons (Fsp3) is 0.125. The number of tetrazole rings is 1. The van der Waals surface area contributed by atoms with Crippen LogP contribution < -0.4 is 5.73 Å². The third-order valence-corrected chi connectivity index (χ3v) is 1.94. The van der Waals surface area contributed by atoms with Gasteiger partial charge in [0.05, 0.1) is 12.2 Å². The number of pyridine rings is 1. The van der Waals surface area contributed by atoms with Crippen molar-refractivity contribution in [2.45, 2.75) is 6.54 Å². The number of nitrogens with two attached hydrogens (primary N) is 1. The quantitative estimate of drug-likeness (QED) is 0.302. The highest BCUT2D eigenvalue weighted by Gasteiger charge is 2.01. The van der Waals surface area contributed by atoms with Crippen LogP contribution in [0.5, 0.6) is 0 Å². The maximum atomic E-state index is 8.47. The van der Waals surface area contributed by atoms with Crippen LogP contribution in [0.3, 0.4) is 0 Å². The predicted octanol–water partition coefficient (Wildman–Crippen LogP) is -0.789. The van der Waals surface area contributed by atoms with Gasteiger partial charge in [0.25, 0.3) is 0 Å². The van der Waals surface area contributed by atoms with Gasteiger partial charge in [-0.3, -0.25) is 4.98 Å². The number of hydrogen-bond acceptors (Lipinski definition) is 6. The summed E-state index contributed by atoms with van der Waals surface area (Å²) in [6.07, 6.45) is 3.02. The van der Waals surface area contributed by atoms with Crippen LogP contribution in [0.15, 0.2) is 29.8 Å². The van der Waals surface area contributed by atoms with Crippen molar-refractivity contribution in [1.82, 2.24) is 25.2 Å². The van der Waals surface area contributed by atoms with Crippen molar-refractivity contribution in [1.29, 1.82) is 0 Å². The second-order valence-electron chi connectivity index (χ2n) is 3.03. The molecule has 2 heterocycles. The summed E-state index contributed by atoms with van der Waals surface area (Å²) < 4.78 is 1.55. The second-order valence-corrected chi connectivity index (χ2v) is 3.03. The van der Waals surface area contributed by atoms with Crippen molar-refractivity contribution in [2.75, 3.05) is 0 Å². The first-order valence-electron chi connectivity index (χ1n) is 4.43. The van der Waals surface area contributed by atoms with E-state index in [-0.39, 0.29) is 5.84 Å². The van der Waals surface area contributed by atoms with E-state index in [9.17, 15) is 0 Å². The van der Waals surface area contributed by atoms with E-state index in [1.165, 1.54) is 12.5 Å². The highest BCUT2D eigenvalue weighted by molar-refractivity contribution is 5.96. The summed E-state index contributed by atoms with van der Waals surface area (Å²) in [6, 6.07) is 3.47. The van der Waals surface area contributed by atoms with Crippen molar-refractivity contribution in [3.8, 4) is 0 Å². The van der Waals surface area contributed by atoms with E-state index in [1.807, 2.05) is 0 Å². The van der Waals surface area contributed by atoms with Crippen LogP contribution in [0.1, 0.15) is 11.3 Å². The van der Waals surface area contributed by atoms with Gasteiger partial charge in [0.1, 0.15) is 6.33 Å². The van der Waals surface area contributed by atoms with Crippen molar-refractivity contribution in [3.05, 3.63) is 35.9 Å². The molecular weight excluding hydrogens is 210 g/mol. The van der Waals surface area contributed by atoms with Gasteiger partial charge in [-0.2, -0.15) is 0 Å². The molecular formula is C8H9N7O. The number of amidine groups is 1. The highest BCUT2D eigenvalue weighted by Crippen LogP contribution is 2.01. The standard InChI is InChI=1S/C8H9N7O/c9-8(12-16)6-1-2-7(10-3-6)4-15-5-11-13-14-15/h1-3,5,16H,4H2,(H2,9,12). The Morgan fingerprint density at radius 3 is 2.94 bits per heavy atom. The zero-order valence-corrected chi connectivity index (χ0v) is 8.22. The minimum absolute atomic E-state index is 0.0291. The first-order chi connectivity index (χ1) is 7.79. The molecule has 8 heteroatoms. The van der Waals surface area contributed by atoms with Gasteiger partial charge >= 0.3 is 0 Å². The van der Waals surface area contributed by atoms with E-state index in [1.54, 1.807) is 16.8 Å². The van der Waals surface area contributed by atoms with Gasteiger partial charge in [-0.25, -0.2) is 4.68 Å². The zero-order chi connectivity index (χ0) is 11.4. The Kier molecular flexibility index (Phi) is 2.72. The Labute approximate surface area is 90.4 Å². The van der Waals surface area contributed by atoms with Crippen LogP contribution in [-0.4, -0.2) is 36.2 Å². The summed E-state index contributed by atoms with van der Waals surface area (Å²) in [5, 5.41) is 22.1. The predicted molar refractivity (Wildman–Crippen MR) is 53.7 cm³/mol. The van der Waals surface area contributed by atoms with Crippen LogP contribution in [0.2, 0.25) is 0 Å². The lowest BCUT2D eigenvalue weighted by Gasteiger charge is -2.01. The van der Waals surface area contributed by atoms with Crippen LogP contribution >= 0.6 is 0 Å². The second kappa shape index (κ2) is 4.34. The van der Waals surface area contributed by atoms with E-state index in [2.05, 4.69) is 25.7 Å². The summed E-state index contributed by atoms with van der Waals surface area (Å²) >= 11 is 0. The summed E-state index contributed by atoms with van der Waals surface area (Å²) in [5.41, 5.74) is 6.74. The lowest BCUT2D eigenvalue weighted by Crippen LogP contribution is -2.13. The fourth-order valence-corrected chi connectivity index (χ4v) is 1.15. The SMILES string of the molecule is NC(=NO)c1ccc(Cn2cnnn2)nc1. The topological polar surface area (TPSA) is 115 Å². The number of oxime groups is 1. The molecule has 2 aromatic rings. The lowest BCUT2D eigenvalue weighted by atomic mass is 10.2. The number of nitrogens with zero attached hydrogens (tertiary/aromatic N) is 6. The molecule has 0 saturated carbocycles. The summed E-state index contributed by atoms with van der Waals surface area (Å²) in [6.45, 7) is 0.476. The molecule has 0 spiro atoms. The van der Waals surface area contributed by atoms with Crippen LogP contribution in [0.25, 0.3) is 0 Å². The van der Waals surface area contributed by atoms with E-state index >= 15 is 0 Å². The van der Waals surface area contributed by atoms with Gasteiger partial charge in [0, 0.05) is 11.8 Å². The molecule has 0 amide bonds. The average Bonchev–Trinajstić information content (AvgIpc) is 2.82. The molecule has 2 aromatic heterocycles. The Morgan fingerprint density at radius 1 is 1.50 bits per heavy atom. The van der Waals surface area contributed by atoms with Crippen LogP contribution in [0.4, 0.5) is 0 Å². The molecule has 0 aromatic carbocycles. The van der Waals surface area contributed by atoms with Gasteiger partial charge in [-0.05, 0) is 22.6 Å². The highest BCUT2D eigenvalue weighted by atomic mass is 16.4. The number of hydrogen-bond donors (Lipinski definition) is 2. The molecule has 0 radical (unpaired) electrons. The molecule has 0 bridgehead atoms. The molecule has 0 aliphatic heterocycles. The van der Waals surface area contributed by atoms with E-state index in [0.29, 0.717) is 12.1 Å². The minimum atomic E-state index is 0.0291. The Bertz CT molecular complexity index is 476. The van der Waals surface area contributed by atoms with Gasteiger partial charge in [0.15, 0.2) is 5.84 Å². The normalized spacial score (nSPS) is 11.6. The first-order valence-corrected chi connectivity index (χ1v) is 4.43. The molecule has 16 heavy (non-hydrogen) atoms. The van der Waals surface area contributed by atoms with Gasteiger partial charge in [0.2, 0.25) is 0 Å². The smallest absolute Gasteiger partial charge is 0.171 e. The van der Waals surface area contributed by atoms with Crippen LogP contribution in [0, 0.1) is 0 Å². The number of aromatic nitrogens is 5. The van der Waals surface area contributed by atoms with Crippen LogP contribution in [-0.2, 0) is 6.54 Å². The van der Waals surface area contributed by atoms with E-state index < -0.39 is 0 Å². The molecule has 3 N–H and O–H groups in total. The monoisotopic (exact) mass is 219 g/mol. The largest absolute Gasteiger partial charge is 0.409 e. The Hall–Kier alpha value is -2.51. The zero-order valence-electron chi connectivity index (χ0n) is 8.22. The molecule has 0 fully saturated rings. The molecule has 82 valence electrons. The van der Waals surface area contributed by atoms with Crippen molar-refractivity contribution in [2.24, 2.45) is 10.9 Å². The molecule has 0 unspecified atom stereocenters.